The van der Waals surface area contributed by atoms with E-state index in [1.54, 1.807) is 31.2 Å². The predicted molar refractivity (Wildman–Crippen MR) is 102 cm³/mol. The molecule has 5 nitrogen and oxygen atoms in total. The summed E-state index contributed by atoms with van der Waals surface area (Å²) in [6.45, 7) is 3.63. The summed E-state index contributed by atoms with van der Waals surface area (Å²) in [5, 5.41) is 0. The van der Waals surface area contributed by atoms with E-state index in [1.807, 2.05) is 19.1 Å². The number of guanidine groups is 1. The third-order valence-electron chi connectivity index (χ3n) is 4.92. The number of aliphatic imine (C=N–C) groups is 1. The van der Waals surface area contributed by atoms with Crippen LogP contribution in [0.15, 0.2) is 47.5 Å². The summed E-state index contributed by atoms with van der Waals surface area (Å²) in [6.07, 6.45) is 0.149. The summed E-state index contributed by atoms with van der Waals surface area (Å²) in [4.78, 5) is 30.3. The van der Waals surface area contributed by atoms with Gasteiger partial charge in [-0.2, -0.15) is 0 Å². The van der Waals surface area contributed by atoms with Crippen LogP contribution >= 0.6 is 0 Å². The van der Waals surface area contributed by atoms with Gasteiger partial charge in [-0.05, 0) is 31.5 Å². The smallest absolute Gasteiger partial charge is 0.231 e. The van der Waals surface area contributed by atoms with E-state index in [4.69, 9.17) is 5.73 Å². The molecule has 1 aliphatic rings. The van der Waals surface area contributed by atoms with E-state index in [1.165, 1.54) is 18.0 Å². The van der Waals surface area contributed by atoms with Crippen LogP contribution in [0.2, 0.25) is 0 Å². The minimum absolute atomic E-state index is 0.0104. The Hall–Kier alpha value is -3.02. The maximum Gasteiger partial charge on any atom is 0.231 e. The van der Waals surface area contributed by atoms with Gasteiger partial charge in [0.25, 0.3) is 0 Å². The monoisotopic (exact) mass is 367 g/mol. The first-order chi connectivity index (χ1) is 12.7. The van der Waals surface area contributed by atoms with Crippen molar-refractivity contribution < 1.29 is 14.0 Å². The third kappa shape index (κ3) is 3.74. The fourth-order valence-electron chi connectivity index (χ4n) is 3.19. The molecule has 1 atom stereocenters. The van der Waals surface area contributed by atoms with Gasteiger partial charge in [-0.25, -0.2) is 9.38 Å². The maximum atomic E-state index is 14.5. The summed E-state index contributed by atoms with van der Waals surface area (Å²) in [6, 6.07) is 11.8. The van der Waals surface area contributed by atoms with Gasteiger partial charge in [0.15, 0.2) is 11.7 Å². The number of amides is 1. The Balaban J connectivity index is 1.92. The number of carbonyl (C=O) groups is 2. The van der Waals surface area contributed by atoms with Crippen LogP contribution < -0.4 is 5.73 Å². The summed E-state index contributed by atoms with van der Waals surface area (Å²) in [5.41, 5.74) is 7.33. The highest BCUT2D eigenvalue weighted by Crippen LogP contribution is 2.35. The predicted octanol–water partition coefficient (Wildman–Crippen LogP) is 2.95. The Kier molecular flexibility index (Phi) is 4.83. The number of halogens is 1. The number of nitrogens with two attached hydrogens (primary N) is 1. The number of Topliss-reactive ketones (excluding diaryl/α,β-unsaturated/α-hetero) is 1. The number of benzene rings is 2. The van der Waals surface area contributed by atoms with E-state index in [2.05, 4.69) is 4.99 Å². The second-order valence-corrected chi connectivity index (χ2v) is 7.15. The molecule has 1 unspecified atom stereocenters. The van der Waals surface area contributed by atoms with Crippen LogP contribution in [-0.4, -0.2) is 29.6 Å². The van der Waals surface area contributed by atoms with Crippen molar-refractivity contribution >= 4 is 17.6 Å². The van der Waals surface area contributed by atoms with Crippen molar-refractivity contribution in [3.8, 4) is 0 Å². The van der Waals surface area contributed by atoms with Crippen molar-refractivity contribution in [2.24, 2.45) is 10.7 Å². The Morgan fingerprint density at radius 2 is 1.93 bits per heavy atom. The lowest BCUT2D eigenvalue weighted by atomic mass is 9.85. The number of carbonyl (C=O) groups excluding carboxylic acids is 2. The van der Waals surface area contributed by atoms with Gasteiger partial charge >= 0.3 is 0 Å². The van der Waals surface area contributed by atoms with E-state index in [-0.39, 0.29) is 36.1 Å². The van der Waals surface area contributed by atoms with Gasteiger partial charge in [0.1, 0.15) is 5.82 Å². The highest BCUT2D eigenvalue weighted by atomic mass is 19.1. The SMILES string of the molecule is Cc1ccc(C(=O)Cc2ccc(F)c(C3(C)CC(=O)N(C)C(N)=N3)c2)cc1. The molecule has 1 heterocycles. The number of ketones is 1. The molecule has 0 radical (unpaired) electrons. The van der Waals surface area contributed by atoms with Crippen molar-refractivity contribution in [3.05, 3.63) is 70.5 Å². The fraction of sp³-hybridized carbons (Fsp3) is 0.286. The quantitative estimate of drug-likeness (QED) is 0.844. The van der Waals surface area contributed by atoms with Crippen LogP contribution in [-0.2, 0) is 16.8 Å². The van der Waals surface area contributed by atoms with Crippen LogP contribution in [0, 0.1) is 12.7 Å². The molecular formula is C21H22FN3O2. The number of hydrogen-bond donors (Lipinski definition) is 1. The standard InChI is InChI=1S/C21H22FN3O2/c1-13-4-7-15(8-5-13)18(26)11-14-6-9-17(22)16(10-14)21(2)12-19(27)25(3)20(23)24-21/h4-10H,11-12H2,1-3H3,(H2,23,24). The van der Waals surface area contributed by atoms with Crippen LogP contribution in [0.3, 0.4) is 0 Å². The summed E-state index contributed by atoms with van der Waals surface area (Å²) in [7, 11) is 1.54. The molecule has 0 spiro atoms. The van der Waals surface area contributed by atoms with Crippen LogP contribution in [0.25, 0.3) is 0 Å². The molecule has 3 rings (SSSR count). The number of hydrogen-bond acceptors (Lipinski definition) is 4. The highest BCUT2D eigenvalue weighted by Gasteiger charge is 2.38. The average molecular weight is 367 g/mol. The molecule has 0 aromatic heterocycles. The maximum absolute atomic E-state index is 14.5. The van der Waals surface area contributed by atoms with Crippen LogP contribution in [0.5, 0.6) is 0 Å². The molecule has 2 aromatic rings. The molecule has 0 bridgehead atoms. The molecule has 2 N–H and O–H groups in total. The molecule has 0 fully saturated rings. The second kappa shape index (κ2) is 6.95. The summed E-state index contributed by atoms with van der Waals surface area (Å²) in [5.74, 6) is -0.710. The van der Waals surface area contributed by atoms with Crippen LogP contribution in [0.4, 0.5) is 4.39 Å². The van der Waals surface area contributed by atoms with E-state index in [0.717, 1.165) is 5.56 Å². The molecule has 0 saturated heterocycles. The Labute approximate surface area is 157 Å². The number of nitrogens with zero attached hydrogens (tertiary/aromatic N) is 2. The van der Waals surface area contributed by atoms with E-state index >= 15 is 0 Å². The van der Waals surface area contributed by atoms with Crippen molar-refractivity contribution in [1.82, 2.24) is 4.90 Å². The van der Waals surface area contributed by atoms with Crippen molar-refractivity contribution in [2.75, 3.05) is 7.05 Å². The first-order valence-corrected chi connectivity index (χ1v) is 8.70. The second-order valence-electron chi connectivity index (χ2n) is 7.15. The van der Waals surface area contributed by atoms with Gasteiger partial charge in [0.05, 0.1) is 12.0 Å². The zero-order chi connectivity index (χ0) is 19.8. The lowest BCUT2D eigenvalue weighted by Gasteiger charge is -2.34. The Morgan fingerprint density at radius 1 is 1.26 bits per heavy atom. The average Bonchev–Trinajstić information content (AvgIpc) is 2.61. The summed E-state index contributed by atoms with van der Waals surface area (Å²) < 4.78 is 14.5. The lowest BCUT2D eigenvalue weighted by Crippen LogP contribution is -2.47. The Bertz CT molecular complexity index is 937. The summed E-state index contributed by atoms with van der Waals surface area (Å²) >= 11 is 0. The first kappa shape index (κ1) is 18.8. The van der Waals surface area contributed by atoms with Crippen molar-refractivity contribution in [2.45, 2.75) is 32.2 Å². The van der Waals surface area contributed by atoms with Gasteiger partial charge in [0.2, 0.25) is 5.91 Å². The van der Waals surface area contributed by atoms with Gasteiger partial charge in [-0.1, -0.05) is 35.9 Å². The minimum Gasteiger partial charge on any atom is -0.369 e. The molecule has 6 heteroatoms. The van der Waals surface area contributed by atoms with Crippen molar-refractivity contribution in [3.63, 3.8) is 0 Å². The molecule has 27 heavy (non-hydrogen) atoms. The lowest BCUT2D eigenvalue weighted by molar-refractivity contribution is -0.128. The molecule has 1 aliphatic heterocycles. The van der Waals surface area contributed by atoms with Gasteiger partial charge in [-0.15, -0.1) is 0 Å². The first-order valence-electron chi connectivity index (χ1n) is 8.70. The van der Waals surface area contributed by atoms with Crippen LogP contribution in [0.1, 0.15) is 40.4 Å². The Morgan fingerprint density at radius 3 is 2.56 bits per heavy atom. The molecule has 0 saturated carbocycles. The molecular weight excluding hydrogens is 345 g/mol. The van der Waals surface area contributed by atoms with Gasteiger partial charge in [-0.3, -0.25) is 14.5 Å². The molecule has 2 aromatic carbocycles. The topological polar surface area (TPSA) is 75.8 Å². The normalized spacial score (nSPS) is 19.8. The zero-order valence-corrected chi connectivity index (χ0v) is 15.6. The van der Waals surface area contributed by atoms with E-state index < -0.39 is 11.4 Å². The molecule has 1 amide bonds. The third-order valence-corrected chi connectivity index (χ3v) is 4.92. The zero-order valence-electron chi connectivity index (χ0n) is 15.6. The van der Waals surface area contributed by atoms with E-state index in [0.29, 0.717) is 11.1 Å². The number of aryl methyl sites for hydroxylation is 1. The largest absolute Gasteiger partial charge is 0.369 e. The van der Waals surface area contributed by atoms with Crippen molar-refractivity contribution in [1.29, 1.82) is 0 Å². The minimum atomic E-state index is -1.10. The van der Waals surface area contributed by atoms with E-state index in [9.17, 15) is 14.0 Å². The molecule has 140 valence electrons. The van der Waals surface area contributed by atoms with Gasteiger partial charge in [0, 0.05) is 24.6 Å². The fourth-order valence-corrected chi connectivity index (χ4v) is 3.19. The number of rotatable bonds is 4. The van der Waals surface area contributed by atoms with Gasteiger partial charge < -0.3 is 5.73 Å². The highest BCUT2D eigenvalue weighted by molar-refractivity contribution is 5.99. The molecule has 0 aliphatic carbocycles.